The smallest absolute Gasteiger partial charge is 0.0992 e. The van der Waals surface area contributed by atoms with Gasteiger partial charge in [0.05, 0.1) is 17.3 Å². The van der Waals surface area contributed by atoms with Crippen molar-refractivity contribution in [1.29, 1.82) is 5.26 Å². The van der Waals surface area contributed by atoms with E-state index < -0.39 is 0 Å². The maximum Gasteiger partial charge on any atom is 0.0992 e. The van der Waals surface area contributed by atoms with Crippen LogP contribution in [-0.4, -0.2) is 13.6 Å². The second kappa shape index (κ2) is 4.29. The van der Waals surface area contributed by atoms with Crippen molar-refractivity contribution in [2.75, 3.05) is 18.5 Å². The normalized spacial score (nSPS) is 9.38. The Kier molecular flexibility index (Phi) is 3.32. The lowest BCUT2D eigenvalue weighted by Gasteiger charge is -2.18. The van der Waals surface area contributed by atoms with Gasteiger partial charge in [0.15, 0.2) is 0 Å². The standard InChI is InChI=1S/C10H11BrN2/c1-3-13(2)10-5-4-8(7-12)6-9(10)11/h4-6H,3H2,1-2H3. The Morgan fingerprint density at radius 2 is 2.23 bits per heavy atom. The van der Waals surface area contributed by atoms with Crippen LogP contribution in [0, 0.1) is 11.3 Å². The van der Waals surface area contributed by atoms with Gasteiger partial charge in [0.2, 0.25) is 0 Å². The molecule has 13 heavy (non-hydrogen) atoms. The van der Waals surface area contributed by atoms with E-state index in [0.717, 1.165) is 16.7 Å². The van der Waals surface area contributed by atoms with E-state index >= 15 is 0 Å². The Morgan fingerprint density at radius 3 is 2.69 bits per heavy atom. The molecule has 0 saturated heterocycles. The molecule has 2 nitrogen and oxygen atoms in total. The van der Waals surface area contributed by atoms with Crippen molar-refractivity contribution >= 4 is 21.6 Å². The molecule has 3 heteroatoms. The molecule has 0 aliphatic rings. The van der Waals surface area contributed by atoms with Crippen molar-refractivity contribution in [2.24, 2.45) is 0 Å². The molecule has 0 fully saturated rings. The van der Waals surface area contributed by atoms with Gasteiger partial charge in [-0.3, -0.25) is 0 Å². The minimum atomic E-state index is 0.681. The van der Waals surface area contributed by atoms with Gasteiger partial charge in [0.25, 0.3) is 0 Å². The van der Waals surface area contributed by atoms with Crippen molar-refractivity contribution in [3.63, 3.8) is 0 Å². The lowest BCUT2D eigenvalue weighted by Crippen LogP contribution is -2.16. The molecule has 0 aliphatic heterocycles. The van der Waals surface area contributed by atoms with Gasteiger partial charge in [-0.25, -0.2) is 0 Å². The summed E-state index contributed by atoms with van der Waals surface area (Å²) >= 11 is 3.44. The van der Waals surface area contributed by atoms with E-state index in [1.165, 1.54) is 0 Å². The minimum absolute atomic E-state index is 0.681. The number of anilines is 1. The van der Waals surface area contributed by atoms with Crippen molar-refractivity contribution < 1.29 is 0 Å². The van der Waals surface area contributed by atoms with Crippen molar-refractivity contribution in [1.82, 2.24) is 0 Å². The average Bonchev–Trinajstić information content (AvgIpc) is 2.16. The third-order valence-corrected chi connectivity index (χ3v) is 2.60. The molecule has 1 aromatic rings. The predicted octanol–water partition coefficient (Wildman–Crippen LogP) is 2.78. The number of hydrogen-bond acceptors (Lipinski definition) is 2. The lowest BCUT2D eigenvalue weighted by molar-refractivity contribution is 0.964. The summed E-state index contributed by atoms with van der Waals surface area (Å²) in [7, 11) is 2.02. The van der Waals surface area contributed by atoms with Crippen LogP contribution in [0.4, 0.5) is 5.69 Å². The highest BCUT2D eigenvalue weighted by molar-refractivity contribution is 9.10. The summed E-state index contributed by atoms with van der Waals surface area (Å²) in [6.45, 7) is 3.04. The highest BCUT2D eigenvalue weighted by Gasteiger charge is 2.03. The average molecular weight is 239 g/mol. The molecule has 0 unspecified atom stereocenters. The maximum absolute atomic E-state index is 8.66. The minimum Gasteiger partial charge on any atom is -0.374 e. The van der Waals surface area contributed by atoms with Gasteiger partial charge in [-0.1, -0.05) is 0 Å². The van der Waals surface area contributed by atoms with Gasteiger partial charge in [0.1, 0.15) is 0 Å². The van der Waals surface area contributed by atoms with Crippen molar-refractivity contribution in [3.05, 3.63) is 28.2 Å². The molecular weight excluding hydrogens is 228 g/mol. The summed E-state index contributed by atoms with van der Waals surface area (Å²) in [5, 5.41) is 8.66. The largest absolute Gasteiger partial charge is 0.374 e. The zero-order valence-electron chi connectivity index (χ0n) is 7.71. The van der Waals surface area contributed by atoms with Crippen LogP contribution >= 0.6 is 15.9 Å². The lowest BCUT2D eigenvalue weighted by atomic mass is 10.2. The second-order valence-electron chi connectivity index (χ2n) is 2.79. The molecule has 0 bridgehead atoms. The number of rotatable bonds is 2. The first kappa shape index (κ1) is 10.1. The van der Waals surface area contributed by atoms with E-state index in [2.05, 4.69) is 33.8 Å². The molecule has 0 aromatic heterocycles. The van der Waals surface area contributed by atoms with Gasteiger partial charge in [-0.05, 0) is 41.1 Å². The van der Waals surface area contributed by atoms with Gasteiger partial charge >= 0.3 is 0 Å². The van der Waals surface area contributed by atoms with Crippen LogP contribution in [0.3, 0.4) is 0 Å². The summed E-state index contributed by atoms with van der Waals surface area (Å²) in [4.78, 5) is 2.12. The molecule has 0 spiro atoms. The fraction of sp³-hybridized carbons (Fsp3) is 0.300. The van der Waals surface area contributed by atoms with Crippen molar-refractivity contribution in [2.45, 2.75) is 6.92 Å². The molecule has 0 radical (unpaired) electrons. The molecule has 68 valence electrons. The molecule has 0 atom stereocenters. The number of halogens is 1. The van der Waals surface area contributed by atoms with E-state index in [1.54, 1.807) is 0 Å². The Labute approximate surface area is 86.9 Å². The Morgan fingerprint density at radius 1 is 1.54 bits per heavy atom. The summed E-state index contributed by atoms with van der Waals surface area (Å²) in [6, 6.07) is 7.71. The summed E-state index contributed by atoms with van der Waals surface area (Å²) < 4.78 is 0.968. The van der Waals surface area contributed by atoms with Crippen molar-refractivity contribution in [3.8, 4) is 6.07 Å². The third kappa shape index (κ3) is 2.22. The summed E-state index contributed by atoms with van der Waals surface area (Å²) in [5.74, 6) is 0. The highest BCUT2D eigenvalue weighted by atomic mass is 79.9. The molecule has 0 amide bonds. The first-order valence-electron chi connectivity index (χ1n) is 4.09. The highest BCUT2D eigenvalue weighted by Crippen LogP contribution is 2.25. The van der Waals surface area contributed by atoms with Crippen LogP contribution in [-0.2, 0) is 0 Å². The SMILES string of the molecule is CCN(C)c1ccc(C#N)cc1Br. The fourth-order valence-electron chi connectivity index (χ4n) is 1.06. The number of nitriles is 1. The molecule has 0 aliphatic carbocycles. The summed E-state index contributed by atoms with van der Waals surface area (Å²) in [5.41, 5.74) is 1.79. The first-order valence-corrected chi connectivity index (χ1v) is 4.89. The molecular formula is C10H11BrN2. The Bertz CT molecular complexity index is 341. The number of hydrogen-bond donors (Lipinski definition) is 0. The maximum atomic E-state index is 8.66. The summed E-state index contributed by atoms with van der Waals surface area (Å²) in [6.07, 6.45) is 0. The van der Waals surface area contributed by atoms with Crippen LogP contribution in [0.25, 0.3) is 0 Å². The molecule has 0 heterocycles. The van der Waals surface area contributed by atoms with Gasteiger partial charge in [0, 0.05) is 18.1 Å². The van der Waals surface area contributed by atoms with Crippen LogP contribution < -0.4 is 4.90 Å². The molecule has 0 N–H and O–H groups in total. The third-order valence-electron chi connectivity index (χ3n) is 1.96. The van der Waals surface area contributed by atoms with Crippen LogP contribution in [0.5, 0.6) is 0 Å². The monoisotopic (exact) mass is 238 g/mol. The zero-order chi connectivity index (χ0) is 9.84. The molecule has 0 saturated carbocycles. The van der Waals surface area contributed by atoms with Crippen LogP contribution in [0.1, 0.15) is 12.5 Å². The molecule has 1 rings (SSSR count). The van der Waals surface area contributed by atoms with E-state index in [0.29, 0.717) is 5.56 Å². The van der Waals surface area contributed by atoms with Crippen LogP contribution in [0.2, 0.25) is 0 Å². The predicted molar refractivity (Wildman–Crippen MR) is 57.8 cm³/mol. The number of nitrogens with zero attached hydrogens (tertiary/aromatic N) is 2. The second-order valence-corrected chi connectivity index (χ2v) is 3.65. The fourth-order valence-corrected chi connectivity index (χ4v) is 1.74. The topological polar surface area (TPSA) is 27.0 Å². The van der Waals surface area contributed by atoms with Gasteiger partial charge in [-0.15, -0.1) is 0 Å². The van der Waals surface area contributed by atoms with E-state index in [4.69, 9.17) is 5.26 Å². The first-order chi connectivity index (χ1) is 6.19. The Hall–Kier alpha value is -1.01. The van der Waals surface area contributed by atoms with Gasteiger partial charge in [-0.2, -0.15) is 5.26 Å². The molecule has 1 aromatic carbocycles. The van der Waals surface area contributed by atoms with Gasteiger partial charge < -0.3 is 4.90 Å². The quantitative estimate of drug-likeness (QED) is 0.793. The Balaban J connectivity index is 3.07. The van der Waals surface area contributed by atoms with Crippen LogP contribution in [0.15, 0.2) is 22.7 Å². The number of benzene rings is 1. The van der Waals surface area contributed by atoms with E-state index in [-0.39, 0.29) is 0 Å². The zero-order valence-corrected chi connectivity index (χ0v) is 9.30. The van der Waals surface area contributed by atoms with E-state index in [9.17, 15) is 0 Å². The van der Waals surface area contributed by atoms with E-state index in [1.807, 2.05) is 25.2 Å².